The summed E-state index contributed by atoms with van der Waals surface area (Å²) in [6, 6.07) is 1.94. The van der Waals surface area contributed by atoms with Gasteiger partial charge in [0, 0.05) is 24.7 Å². The summed E-state index contributed by atoms with van der Waals surface area (Å²) in [5.41, 5.74) is 0. The molecule has 0 aromatic carbocycles. The highest BCUT2D eigenvalue weighted by Gasteiger charge is 2.20. The van der Waals surface area contributed by atoms with E-state index >= 15 is 0 Å². The molecule has 3 nitrogen and oxygen atoms in total. The average Bonchev–Trinajstić information content (AvgIpc) is 2.62. The molecule has 2 aliphatic heterocycles. The van der Waals surface area contributed by atoms with E-state index in [0.29, 0.717) is 12.1 Å². The van der Waals surface area contributed by atoms with Crippen LogP contribution >= 0.6 is 0 Å². The molecule has 16 heavy (non-hydrogen) atoms. The van der Waals surface area contributed by atoms with E-state index in [1.54, 1.807) is 0 Å². The lowest BCUT2D eigenvalue weighted by atomic mass is 10.0. The van der Waals surface area contributed by atoms with Crippen LogP contribution in [0.25, 0.3) is 0 Å². The Labute approximate surface area is 99.3 Å². The predicted octanol–water partition coefficient (Wildman–Crippen LogP) is 1.68. The van der Waals surface area contributed by atoms with Crippen molar-refractivity contribution in [1.29, 1.82) is 0 Å². The van der Waals surface area contributed by atoms with Crippen molar-refractivity contribution in [3.63, 3.8) is 0 Å². The van der Waals surface area contributed by atoms with Crippen molar-refractivity contribution < 1.29 is 4.74 Å². The Morgan fingerprint density at radius 1 is 1.31 bits per heavy atom. The fraction of sp³-hybridized carbons (Fsp3) is 1.00. The monoisotopic (exact) mass is 226 g/mol. The van der Waals surface area contributed by atoms with Gasteiger partial charge in [-0.25, -0.2) is 0 Å². The Kier molecular flexibility index (Phi) is 5.07. The number of nitrogens with one attached hydrogen (secondary N) is 2. The number of ether oxygens (including phenoxy) is 1. The predicted molar refractivity (Wildman–Crippen MR) is 66.7 cm³/mol. The third kappa shape index (κ3) is 4.04. The molecule has 3 atom stereocenters. The molecule has 0 saturated carbocycles. The molecule has 0 amide bonds. The molecule has 2 fully saturated rings. The standard InChI is InChI=1S/C13H26N2O/c1-11(15-13-6-8-16-10-13)9-12-5-3-2-4-7-14-12/h11-15H,2-10H2,1H3. The van der Waals surface area contributed by atoms with E-state index in [0.717, 1.165) is 19.3 Å². The fourth-order valence-corrected chi connectivity index (χ4v) is 2.87. The molecule has 3 heteroatoms. The molecule has 2 rings (SSSR count). The third-order valence-electron chi connectivity index (χ3n) is 3.75. The van der Waals surface area contributed by atoms with Crippen LogP contribution in [0.15, 0.2) is 0 Å². The lowest BCUT2D eigenvalue weighted by Crippen LogP contribution is -2.41. The van der Waals surface area contributed by atoms with Crippen molar-refractivity contribution in [2.24, 2.45) is 0 Å². The van der Waals surface area contributed by atoms with Gasteiger partial charge < -0.3 is 15.4 Å². The maximum atomic E-state index is 5.39. The minimum absolute atomic E-state index is 0.598. The van der Waals surface area contributed by atoms with Crippen LogP contribution in [0.4, 0.5) is 0 Å². The molecule has 2 aliphatic rings. The van der Waals surface area contributed by atoms with Gasteiger partial charge in [-0.3, -0.25) is 0 Å². The summed E-state index contributed by atoms with van der Waals surface area (Å²) < 4.78 is 5.39. The highest BCUT2D eigenvalue weighted by Crippen LogP contribution is 2.13. The first-order valence-corrected chi connectivity index (χ1v) is 6.92. The zero-order chi connectivity index (χ0) is 11.2. The summed E-state index contributed by atoms with van der Waals surface area (Å²) in [4.78, 5) is 0. The smallest absolute Gasteiger partial charge is 0.0620 e. The molecule has 2 saturated heterocycles. The number of rotatable bonds is 4. The molecule has 0 aliphatic carbocycles. The van der Waals surface area contributed by atoms with E-state index in [9.17, 15) is 0 Å². The van der Waals surface area contributed by atoms with Gasteiger partial charge in [-0.05, 0) is 39.2 Å². The van der Waals surface area contributed by atoms with Crippen molar-refractivity contribution in [3.8, 4) is 0 Å². The van der Waals surface area contributed by atoms with Gasteiger partial charge in [0.15, 0.2) is 0 Å². The maximum Gasteiger partial charge on any atom is 0.0620 e. The van der Waals surface area contributed by atoms with E-state index < -0.39 is 0 Å². The normalized spacial score (nSPS) is 33.6. The Balaban J connectivity index is 1.66. The first-order chi connectivity index (χ1) is 7.84. The molecule has 2 heterocycles. The summed E-state index contributed by atoms with van der Waals surface area (Å²) in [5, 5.41) is 7.35. The Hall–Kier alpha value is -0.120. The van der Waals surface area contributed by atoms with Gasteiger partial charge in [-0.15, -0.1) is 0 Å². The average molecular weight is 226 g/mol. The molecule has 2 N–H and O–H groups in total. The molecule has 0 spiro atoms. The first-order valence-electron chi connectivity index (χ1n) is 6.92. The van der Waals surface area contributed by atoms with Crippen molar-refractivity contribution in [1.82, 2.24) is 10.6 Å². The van der Waals surface area contributed by atoms with Crippen molar-refractivity contribution >= 4 is 0 Å². The molecule has 0 aromatic heterocycles. The van der Waals surface area contributed by atoms with E-state index in [4.69, 9.17) is 4.74 Å². The van der Waals surface area contributed by atoms with Crippen LogP contribution < -0.4 is 10.6 Å². The summed E-state index contributed by atoms with van der Waals surface area (Å²) in [6.07, 6.45) is 7.96. The lowest BCUT2D eigenvalue weighted by molar-refractivity contribution is 0.187. The van der Waals surface area contributed by atoms with Crippen LogP contribution in [-0.2, 0) is 4.74 Å². The van der Waals surface area contributed by atoms with E-state index in [2.05, 4.69) is 17.6 Å². The second kappa shape index (κ2) is 6.58. The quantitative estimate of drug-likeness (QED) is 0.765. The Bertz CT molecular complexity index is 184. The maximum absolute atomic E-state index is 5.39. The summed E-state index contributed by atoms with van der Waals surface area (Å²) in [5.74, 6) is 0. The van der Waals surface area contributed by atoms with Gasteiger partial charge in [0.05, 0.1) is 6.61 Å². The van der Waals surface area contributed by atoms with Gasteiger partial charge in [-0.2, -0.15) is 0 Å². The molecule has 0 radical (unpaired) electrons. The number of hydrogen-bond acceptors (Lipinski definition) is 3. The lowest BCUT2D eigenvalue weighted by Gasteiger charge is -2.23. The SMILES string of the molecule is CC(CC1CCCCCN1)NC1CCOC1. The van der Waals surface area contributed by atoms with Gasteiger partial charge in [-0.1, -0.05) is 12.8 Å². The highest BCUT2D eigenvalue weighted by molar-refractivity contribution is 4.80. The molecular weight excluding hydrogens is 200 g/mol. The number of hydrogen-bond donors (Lipinski definition) is 2. The van der Waals surface area contributed by atoms with Crippen LogP contribution in [0.5, 0.6) is 0 Å². The van der Waals surface area contributed by atoms with E-state index in [1.807, 2.05) is 0 Å². The molecule has 0 aromatic rings. The second-order valence-corrected chi connectivity index (χ2v) is 5.36. The minimum atomic E-state index is 0.598. The van der Waals surface area contributed by atoms with Crippen LogP contribution in [0, 0.1) is 0 Å². The minimum Gasteiger partial charge on any atom is -0.380 e. The van der Waals surface area contributed by atoms with Crippen molar-refractivity contribution in [2.75, 3.05) is 19.8 Å². The second-order valence-electron chi connectivity index (χ2n) is 5.36. The molecule has 3 unspecified atom stereocenters. The summed E-state index contributed by atoms with van der Waals surface area (Å²) >= 11 is 0. The van der Waals surface area contributed by atoms with Gasteiger partial charge in [0.1, 0.15) is 0 Å². The van der Waals surface area contributed by atoms with Crippen molar-refractivity contribution in [3.05, 3.63) is 0 Å². The molecular formula is C13H26N2O. The Morgan fingerprint density at radius 2 is 2.25 bits per heavy atom. The molecule has 0 bridgehead atoms. The van der Waals surface area contributed by atoms with E-state index in [1.165, 1.54) is 45.1 Å². The van der Waals surface area contributed by atoms with Crippen LogP contribution in [0.1, 0.15) is 45.4 Å². The van der Waals surface area contributed by atoms with E-state index in [-0.39, 0.29) is 0 Å². The Morgan fingerprint density at radius 3 is 3.06 bits per heavy atom. The molecule has 94 valence electrons. The van der Waals surface area contributed by atoms with Gasteiger partial charge >= 0.3 is 0 Å². The zero-order valence-corrected chi connectivity index (χ0v) is 10.5. The van der Waals surface area contributed by atoms with Crippen LogP contribution in [0.3, 0.4) is 0 Å². The van der Waals surface area contributed by atoms with Crippen LogP contribution in [-0.4, -0.2) is 37.9 Å². The summed E-state index contributed by atoms with van der Waals surface area (Å²) in [7, 11) is 0. The van der Waals surface area contributed by atoms with Crippen LogP contribution in [0.2, 0.25) is 0 Å². The topological polar surface area (TPSA) is 33.3 Å². The largest absolute Gasteiger partial charge is 0.380 e. The fourth-order valence-electron chi connectivity index (χ4n) is 2.87. The first kappa shape index (κ1) is 12.3. The van der Waals surface area contributed by atoms with Crippen molar-refractivity contribution in [2.45, 2.75) is 63.6 Å². The van der Waals surface area contributed by atoms with Gasteiger partial charge in [0.2, 0.25) is 0 Å². The zero-order valence-electron chi connectivity index (χ0n) is 10.5. The highest BCUT2D eigenvalue weighted by atomic mass is 16.5. The third-order valence-corrected chi connectivity index (χ3v) is 3.75. The summed E-state index contributed by atoms with van der Waals surface area (Å²) in [6.45, 7) is 5.36. The van der Waals surface area contributed by atoms with Gasteiger partial charge in [0.25, 0.3) is 0 Å².